The average molecular weight is 393 g/mol. The van der Waals surface area contributed by atoms with E-state index in [0.29, 0.717) is 25.4 Å². The van der Waals surface area contributed by atoms with Gasteiger partial charge in [0.1, 0.15) is 17.7 Å². The Hall–Kier alpha value is -2.93. The first-order valence-electron chi connectivity index (χ1n) is 9.83. The largest absolute Gasteiger partial charge is 0.383 e. The van der Waals surface area contributed by atoms with E-state index in [1.54, 1.807) is 7.11 Å². The summed E-state index contributed by atoms with van der Waals surface area (Å²) in [6.07, 6.45) is 4.94. The SMILES string of the molecule is COCCNc1c(-n2cc(C)c3c2CC(C)(C)CC3=O)ccc2c(N)ncnc12. The van der Waals surface area contributed by atoms with Gasteiger partial charge >= 0.3 is 0 Å². The van der Waals surface area contributed by atoms with Gasteiger partial charge < -0.3 is 20.4 Å². The van der Waals surface area contributed by atoms with Crippen molar-refractivity contribution in [1.82, 2.24) is 14.5 Å². The van der Waals surface area contributed by atoms with Crippen molar-refractivity contribution in [2.24, 2.45) is 5.41 Å². The second kappa shape index (κ2) is 7.15. The Morgan fingerprint density at radius 3 is 2.83 bits per heavy atom. The van der Waals surface area contributed by atoms with Gasteiger partial charge in [0.2, 0.25) is 0 Å². The first-order valence-corrected chi connectivity index (χ1v) is 9.83. The van der Waals surface area contributed by atoms with Gasteiger partial charge in [-0.25, -0.2) is 9.97 Å². The molecule has 2 heterocycles. The standard InChI is InChI=1S/C22H27N5O2/c1-13-11-27(16-9-22(2,3)10-17(28)18(13)16)15-6-5-14-19(25-12-26-21(14)23)20(15)24-7-8-29-4/h5-6,11-12,24H,7-10H2,1-4H3,(H2,23,25,26). The maximum Gasteiger partial charge on any atom is 0.165 e. The Morgan fingerprint density at radius 1 is 1.28 bits per heavy atom. The van der Waals surface area contributed by atoms with E-state index in [1.165, 1.54) is 6.33 Å². The lowest BCUT2D eigenvalue weighted by Crippen LogP contribution is -2.28. The summed E-state index contributed by atoms with van der Waals surface area (Å²) in [7, 11) is 1.67. The van der Waals surface area contributed by atoms with Crippen LogP contribution in [0.2, 0.25) is 0 Å². The van der Waals surface area contributed by atoms with Gasteiger partial charge in [-0.15, -0.1) is 0 Å². The summed E-state index contributed by atoms with van der Waals surface area (Å²) in [5.41, 5.74) is 11.5. The van der Waals surface area contributed by atoms with Gasteiger partial charge in [0.05, 0.1) is 18.0 Å². The van der Waals surface area contributed by atoms with Gasteiger partial charge in [-0.1, -0.05) is 13.8 Å². The normalized spacial score (nSPS) is 15.5. The third kappa shape index (κ3) is 3.35. The zero-order valence-electron chi connectivity index (χ0n) is 17.4. The van der Waals surface area contributed by atoms with E-state index in [9.17, 15) is 4.79 Å². The van der Waals surface area contributed by atoms with Crippen LogP contribution in [0.15, 0.2) is 24.7 Å². The van der Waals surface area contributed by atoms with Crippen LogP contribution in [0.4, 0.5) is 11.5 Å². The van der Waals surface area contributed by atoms with Crippen LogP contribution in [0.1, 0.15) is 41.9 Å². The molecule has 1 aliphatic rings. The van der Waals surface area contributed by atoms with Crippen LogP contribution in [0.3, 0.4) is 0 Å². The summed E-state index contributed by atoms with van der Waals surface area (Å²) in [6, 6.07) is 3.96. The number of fused-ring (bicyclic) bond motifs is 2. The summed E-state index contributed by atoms with van der Waals surface area (Å²) in [5, 5.41) is 4.25. The Morgan fingerprint density at radius 2 is 2.07 bits per heavy atom. The number of carbonyl (C=O) groups is 1. The molecule has 0 bridgehead atoms. The molecule has 0 atom stereocenters. The second-order valence-electron chi connectivity index (χ2n) is 8.48. The maximum atomic E-state index is 12.8. The molecule has 1 aliphatic carbocycles. The van der Waals surface area contributed by atoms with Crippen LogP contribution in [-0.2, 0) is 11.2 Å². The van der Waals surface area contributed by atoms with E-state index in [1.807, 2.05) is 19.1 Å². The van der Waals surface area contributed by atoms with Crippen LogP contribution in [0.5, 0.6) is 0 Å². The van der Waals surface area contributed by atoms with E-state index in [0.717, 1.165) is 45.5 Å². The van der Waals surface area contributed by atoms with Crippen molar-refractivity contribution in [2.45, 2.75) is 33.6 Å². The molecule has 0 saturated heterocycles. The fraction of sp³-hybridized carbons (Fsp3) is 0.409. The first kappa shape index (κ1) is 19.4. The van der Waals surface area contributed by atoms with Crippen molar-refractivity contribution in [3.05, 3.63) is 41.5 Å². The van der Waals surface area contributed by atoms with Crippen molar-refractivity contribution in [2.75, 3.05) is 31.3 Å². The van der Waals surface area contributed by atoms with Crippen LogP contribution in [-0.4, -0.2) is 40.6 Å². The number of carbonyl (C=O) groups excluding carboxylic acids is 1. The number of ether oxygens (including phenoxy) is 1. The molecular formula is C22H27N5O2. The number of nitrogen functional groups attached to an aromatic ring is 1. The number of ketones is 1. The Kier molecular flexibility index (Phi) is 4.78. The topological polar surface area (TPSA) is 95.1 Å². The summed E-state index contributed by atoms with van der Waals surface area (Å²) in [6.45, 7) is 7.48. The highest BCUT2D eigenvalue weighted by Crippen LogP contribution is 2.40. The minimum Gasteiger partial charge on any atom is -0.383 e. The number of nitrogens with two attached hydrogens (primary N) is 1. The maximum absolute atomic E-state index is 12.8. The molecule has 29 heavy (non-hydrogen) atoms. The number of hydrogen-bond donors (Lipinski definition) is 2. The molecule has 3 aromatic rings. The molecule has 1 aromatic carbocycles. The Labute approximate surface area is 170 Å². The number of anilines is 2. The fourth-order valence-corrected chi connectivity index (χ4v) is 4.29. The highest BCUT2D eigenvalue weighted by Gasteiger charge is 2.35. The Balaban J connectivity index is 1.94. The molecule has 2 aromatic heterocycles. The number of benzene rings is 1. The number of hydrogen-bond acceptors (Lipinski definition) is 6. The number of Topliss-reactive ketones (excluding diaryl/α,β-unsaturated/α-hetero) is 1. The lowest BCUT2D eigenvalue weighted by molar-refractivity contribution is 0.0910. The van der Waals surface area contributed by atoms with Crippen molar-refractivity contribution in [3.63, 3.8) is 0 Å². The van der Waals surface area contributed by atoms with E-state index in [-0.39, 0.29) is 11.2 Å². The van der Waals surface area contributed by atoms with Crippen molar-refractivity contribution >= 4 is 28.2 Å². The predicted molar refractivity (Wildman–Crippen MR) is 115 cm³/mol. The van der Waals surface area contributed by atoms with Gasteiger partial charge in [-0.3, -0.25) is 4.79 Å². The molecule has 7 nitrogen and oxygen atoms in total. The lowest BCUT2D eigenvalue weighted by Gasteiger charge is -2.30. The third-order valence-electron chi connectivity index (χ3n) is 5.54. The van der Waals surface area contributed by atoms with E-state index in [2.05, 4.69) is 39.9 Å². The first-order chi connectivity index (χ1) is 13.8. The molecule has 0 saturated carbocycles. The number of nitrogens with zero attached hydrogens (tertiary/aromatic N) is 3. The second-order valence-corrected chi connectivity index (χ2v) is 8.48. The molecule has 0 fully saturated rings. The predicted octanol–water partition coefficient (Wildman–Crippen LogP) is 3.52. The van der Waals surface area contributed by atoms with Gasteiger partial charge in [-0.2, -0.15) is 0 Å². The molecular weight excluding hydrogens is 366 g/mol. The molecule has 152 valence electrons. The smallest absolute Gasteiger partial charge is 0.165 e. The van der Waals surface area contributed by atoms with E-state index < -0.39 is 0 Å². The number of aromatic nitrogens is 3. The number of rotatable bonds is 5. The highest BCUT2D eigenvalue weighted by atomic mass is 16.5. The minimum atomic E-state index is -0.0697. The van der Waals surface area contributed by atoms with Gasteiger partial charge in [0, 0.05) is 42.9 Å². The zero-order valence-corrected chi connectivity index (χ0v) is 17.4. The zero-order chi connectivity index (χ0) is 20.8. The average Bonchev–Trinajstić information content (AvgIpc) is 2.97. The van der Waals surface area contributed by atoms with Gasteiger partial charge in [0.25, 0.3) is 0 Å². The van der Waals surface area contributed by atoms with Crippen LogP contribution in [0.25, 0.3) is 16.6 Å². The summed E-state index contributed by atoms with van der Waals surface area (Å²) in [5.74, 6) is 0.659. The monoisotopic (exact) mass is 393 g/mol. The molecule has 0 radical (unpaired) electrons. The molecule has 0 aliphatic heterocycles. The highest BCUT2D eigenvalue weighted by molar-refractivity contribution is 6.02. The minimum absolute atomic E-state index is 0.0697. The van der Waals surface area contributed by atoms with Gasteiger partial charge in [-0.05, 0) is 36.5 Å². The molecule has 3 N–H and O–H groups in total. The van der Waals surface area contributed by atoms with Crippen LogP contribution >= 0.6 is 0 Å². The molecule has 0 spiro atoms. The molecule has 0 amide bonds. The molecule has 7 heteroatoms. The van der Waals surface area contributed by atoms with Gasteiger partial charge in [0.15, 0.2) is 5.78 Å². The van der Waals surface area contributed by atoms with Crippen molar-refractivity contribution in [1.29, 1.82) is 0 Å². The van der Waals surface area contributed by atoms with Crippen LogP contribution < -0.4 is 11.1 Å². The number of aryl methyl sites for hydroxylation is 1. The third-order valence-corrected chi connectivity index (χ3v) is 5.54. The molecule has 0 unspecified atom stereocenters. The number of methoxy groups -OCH3 is 1. The summed E-state index contributed by atoms with van der Waals surface area (Å²) in [4.78, 5) is 21.4. The quantitative estimate of drug-likeness (QED) is 0.644. The fourth-order valence-electron chi connectivity index (χ4n) is 4.29. The summed E-state index contributed by atoms with van der Waals surface area (Å²) >= 11 is 0. The summed E-state index contributed by atoms with van der Waals surface area (Å²) < 4.78 is 7.34. The van der Waals surface area contributed by atoms with E-state index in [4.69, 9.17) is 10.5 Å². The van der Waals surface area contributed by atoms with E-state index >= 15 is 0 Å². The number of nitrogens with one attached hydrogen (secondary N) is 1. The lowest BCUT2D eigenvalue weighted by atomic mass is 9.75. The van der Waals surface area contributed by atoms with Crippen molar-refractivity contribution in [3.8, 4) is 5.69 Å². The van der Waals surface area contributed by atoms with Crippen LogP contribution in [0, 0.1) is 12.3 Å². The molecule has 4 rings (SSSR count). The Bertz CT molecular complexity index is 1100. The van der Waals surface area contributed by atoms with Crippen molar-refractivity contribution < 1.29 is 9.53 Å².